The van der Waals surface area contributed by atoms with Crippen LogP contribution in [0.5, 0.6) is 0 Å². The van der Waals surface area contributed by atoms with Gasteiger partial charge in [-0.3, -0.25) is 0 Å². The van der Waals surface area contributed by atoms with Crippen LogP contribution in [0.3, 0.4) is 0 Å². The molecule has 0 spiro atoms. The van der Waals surface area contributed by atoms with Gasteiger partial charge in [-0.15, -0.1) is 0 Å². The van der Waals surface area contributed by atoms with Crippen LogP contribution in [-0.2, 0) is 23.7 Å². The van der Waals surface area contributed by atoms with Crippen molar-refractivity contribution in [1.29, 1.82) is 0 Å². The third-order valence-electron chi connectivity index (χ3n) is 3.01. The second-order valence-corrected chi connectivity index (χ2v) is 6.45. The van der Waals surface area contributed by atoms with E-state index in [1.807, 2.05) is 0 Å². The van der Waals surface area contributed by atoms with Crippen molar-refractivity contribution in [3.05, 3.63) is 0 Å². The van der Waals surface area contributed by atoms with Crippen LogP contribution < -0.4 is 0 Å². The van der Waals surface area contributed by atoms with Crippen molar-refractivity contribution in [2.45, 2.75) is 40.5 Å². The Morgan fingerprint density at radius 1 is 0.478 bits per heavy atom. The summed E-state index contributed by atoms with van der Waals surface area (Å²) >= 11 is 0. The predicted octanol–water partition coefficient (Wildman–Crippen LogP) is 3.16. The van der Waals surface area contributed by atoms with Crippen LogP contribution in [0.1, 0.15) is 40.5 Å². The Balaban J connectivity index is 2.97. The molecular weight excluding hydrogens is 296 g/mol. The van der Waals surface area contributed by atoms with Crippen LogP contribution >= 0.6 is 0 Å². The minimum atomic E-state index is 0.573. The van der Waals surface area contributed by atoms with Crippen molar-refractivity contribution in [1.82, 2.24) is 0 Å². The molecule has 5 nitrogen and oxygen atoms in total. The summed E-state index contributed by atoms with van der Waals surface area (Å²) in [5.74, 6) is 1.33. The van der Waals surface area contributed by atoms with E-state index in [0.29, 0.717) is 58.8 Å². The van der Waals surface area contributed by atoms with Crippen LogP contribution in [0.25, 0.3) is 0 Å². The molecule has 0 N–H and O–H groups in total. The lowest BCUT2D eigenvalue weighted by atomic mass is 10.1. The van der Waals surface area contributed by atoms with Crippen molar-refractivity contribution in [3.8, 4) is 0 Å². The van der Waals surface area contributed by atoms with E-state index < -0.39 is 0 Å². The molecule has 0 aromatic rings. The van der Waals surface area contributed by atoms with Gasteiger partial charge in [0.2, 0.25) is 0 Å². The molecule has 0 aromatic heterocycles. The van der Waals surface area contributed by atoms with Crippen molar-refractivity contribution < 1.29 is 23.7 Å². The summed E-state index contributed by atoms with van der Waals surface area (Å²) in [5, 5.41) is 0. The second kappa shape index (κ2) is 18.1. The summed E-state index contributed by atoms with van der Waals surface area (Å²) in [6.45, 7) is 15.3. The zero-order valence-corrected chi connectivity index (χ0v) is 15.7. The molecule has 0 aliphatic rings. The first-order chi connectivity index (χ1) is 11.1. The number of hydrogen-bond donors (Lipinski definition) is 0. The van der Waals surface area contributed by atoms with E-state index in [9.17, 15) is 0 Å². The van der Waals surface area contributed by atoms with Crippen molar-refractivity contribution >= 4 is 0 Å². The third-order valence-corrected chi connectivity index (χ3v) is 3.01. The summed E-state index contributed by atoms with van der Waals surface area (Å²) < 4.78 is 27.2. The molecule has 140 valence electrons. The normalized spacial score (nSPS) is 11.7. The zero-order valence-electron chi connectivity index (χ0n) is 15.7. The van der Waals surface area contributed by atoms with Crippen molar-refractivity contribution in [2.24, 2.45) is 11.8 Å². The minimum absolute atomic E-state index is 0.573. The molecule has 0 aliphatic heterocycles. The molecule has 0 unspecified atom stereocenters. The topological polar surface area (TPSA) is 46.2 Å². The van der Waals surface area contributed by atoms with Gasteiger partial charge in [-0.25, -0.2) is 0 Å². The maximum absolute atomic E-state index is 5.49. The Bertz CT molecular complexity index is 199. The fraction of sp³-hybridized carbons (Fsp3) is 1.00. The predicted molar refractivity (Wildman–Crippen MR) is 93.0 cm³/mol. The Labute approximate surface area is 143 Å². The molecule has 23 heavy (non-hydrogen) atoms. The lowest BCUT2D eigenvalue weighted by molar-refractivity contribution is -0.0130. The Kier molecular flexibility index (Phi) is 18.0. The lowest BCUT2D eigenvalue weighted by Crippen LogP contribution is -2.14. The molecule has 0 fully saturated rings. The van der Waals surface area contributed by atoms with Gasteiger partial charge in [-0.2, -0.15) is 0 Å². The number of hydrogen-bond acceptors (Lipinski definition) is 5. The van der Waals surface area contributed by atoms with Crippen LogP contribution in [-0.4, -0.2) is 66.1 Å². The highest BCUT2D eigenvalue weighted by Crippen LogP contribution is 2.02. The van der Waals surface area contributed by atoms with E-state index >= 15 is 0 Å². The molecule has 0 heterocycles. The molecule has 0 rings (SSSR count). The first-order valence-corrected chi connectivity index (χ1v) is 9.01. The Morgan fingerprint density at radius 3 is 1.26 bits per heavy atom. The molecule has 0 aliphatic carbocycles. The fourth-order valence-corrected chi connectivity index (χ4v) is 1.79. The first kappa shape index (κ1) is 22.8. The zero-order chi connectivity index (χ0) is 17.2. The molecule has 0 saturated carbocycles. The molecule has 0 bridgehead atoms. The van der Waals surface area contributed by atoms with Gasteiger partial charge < -0.3 is 23.7 Å². The quantitative estimate of drug-likeness (QED) is 0.360. The summed E-state index contributed by atoms with van der Waals surface area (Å²) in [7, 11) is 0. The molecule has 0 aromatic carbocycles. The summed E-state index contributed by atoms with van der Waals surface area (Å²) in [5.41, 5.74) is 0. The van der Waals surface area contributed by atoms with Crippen molar-refractivity contribution in [2.75, 3.05) is 66.1 Å². The van der Waals surface area contributed by atoms with Crippen molar-refractivity contribution in [3.63, 3.8) is 0 Å². The number of rotatable bonds is 18. The van der Waals surface area contributed by atoms with E-state index in [0.717, 1.165) is 25.6 Å². The van der Waals surface area contributed by atoms with Crippen LogP contribution in [0.4, 0.5) is 0 Å². The SMILES string of the molecule is CC(C)CCCOCCOCCOCCOCCOCC(C)C. The van der Waals surface area contributed by atoms with Gasteiger partial charge in [0.05, 0.1) is 52.9 Å². The van der Waals surface area contributed by atoms with Gasteiger partial charge in [0.25, 0.3) is 0 Å². The van der Waals surface area contributed by atoms with Gasteiger partial charge >= 0.3 is 0 Å². The maximum atomic E-state index is 5.49. The van der Waals surface area contributed by atoms with Gasteiger partial charge in [0, 0.05) is 13.2 Å². The fourth-order valence-electron chi connectivity index (χ4n) is 1.79. The smallest absolute Gasteiger partial charge is 0.0701 e. The average molecular weight is 334 g/mol. The lowest BCUT2D eigenvalue weighted by Gasteiger charge is -2.09. The summed E-state index contributed by atoms with van der Waals surface area (Å²) in [6.07, 6.45) is 2.35. The molecule has 0 saturated heterocycles. The summed E-state index contributed by atoms with van der Waals surface area (Å²) in [4.78, 5) is 0. The van der Waals surface area contributed by atoms with Gasteiger partial charge in [-0.1, -0.05) is 27.7 Å². The Morgan fingerprint density at radius 2 is 0.870 bits per heavy atom. The van der Waals surface area contributed by atoms with E-state index in [1.54, 1.807) is 0 Å². The van der Waals surface area contributed by atoms with E-state index in [1.165, 1.54) is 6.42 Å². The highest BCUT2D eigenvalue weighted by atomic mass is 16.6. The molecule has 0 radical (unpaired) electrons. The van der Waals surface area contributed by atoms with Crippen LogP contribution in [0, 0.1) is 11.8 Å². The standard InChI is InChI=1S/C18H38O5/c1-17(2)6-5-7-19-8-9-20-10-11-21-12-13-22-14-15-23-16-18(3)4/h17-18H,5-16H2,1-4H3. The van der Waals surface area contributed by atoms with Crippen LogP contribution in [0.15, 0.2) is 0 Å². The Hall–Kier alpha value is -0.200. The van der Waals surface area contributed by atoms with Crippen LogP contribution in [0.2, 0.25) is 0 Å². The summed E-state index contributed by atoms with van der Waals surface area (Å²) in [6, 6.07) is 0. The highest BCUT2D eigenvalue weighted by Gasteiger charge is 1.96. The van der Waals surface area contributed by atoms with E-state index in [2.05, 4.69) is 27.7 Å². The maximum Gasteiger partial charge on any atom is 0.0701 e. The number of ether oxygens (including phenoxy) is 5. The minimum Gasteiger partial charge on any atom is -0.379 e. The highest BCUT2D eigenvalue weighted by molar-refractivity contribution is 4.44. The van der Waals surface area contributed by atoms with E-state index in [-0.39, 0.29) is 0 Å². The molecule has 5 heteroatoms. The largest absolute Gasteiger partial charge is 0.379 e. The third kappa shape index (κ3) is 21.8. The molecule has 0 atom stereocenters. The van der Waals surface area contributed by atoms with E-state index in [4.69, 9.17) is 23.7 Å². The van der Waals surface area contributed by atoms with Gasteiger partial charge in [0.1, 0.15) is 0 Å². The average Bonchev–Trinajstić information content (AvgIpc) is 2.49. The molecule has 0 amide bonds. The van der Waals surface area contributed by atoms with Gasteiger partial charge in [0.15, 0.2) is 0 Å². The molecular formula is C18H38O5. The monoisotopic (exact) mass is 334 g/mol. The first-order valence-electron chi connectivity index (χ1n) is 9.01. The van der Waals surface area contributed by atoms with Gasteiger partial charge in [-0.05, 0) is 24.7 Å². The second-order valence-electron chi connectivity index (χ2n) is 6.45.